The zero-order chi connectivity index (χ0) is 70.7. The van der Waals surface area contributed by atoms with Crippen LogP contribution in [0.1, 0.15) is 87.5 Å². The summed E-state index contributed by atoms with van der Waals surface area (Å²) >= 11 is 1.56. The first-order valence-electron chi connectivity index (χ1n) is 32.9. The van der Waals surface area contributed by atoms with Gasteiger partial charge in [-0.2, -0.15) is 13.2 Å². The van der Waals surface area contributed by atoms with Crippen molar-refractivity contribution in [2.45, 2.75) is 110 Å². The monoisotopic (exact) mass is 1390 g/mol. The normalized spacial score (nSPS) is 18.0. The minimum atomic E-state index is -5.00. The molecule has 0 aliphatic carbocycles. The second-order valence-corrected chi connectivity index (χ2v) is 26.4. The number of nitrogens with one attached hydrogen (secondary N) is 5. The van der Waals surface area contributed by atoms with Gasteiger partial charge in [-0.05, 0) is 68.6 Å². The predicted octanol–water partition coefficient (Wildman–Crippen LogP) is 5.64. The second kappa shape index (κ2) is 35.7. The average molecular weight is 1390 g/mol. The van der Waals surface area contributed by atoms with E-state index in [1.165, 1.54) is 23.2 Å². The molecule has 0 unspecified atom stereocenters. The number of carbonyl (C=O) groups is 6. The van der Waals surface area contributed by atoms with Crippen molar-refractivity contribution in [2.24, 2.45) is 5.41 Å². The number of aliphatic hydroxyl groups excluding tert-OH is 1. The first-order valence-corrected chi connectivity index (χ1v) is 33.7. The molecular formula is C68H90F4N12O13S. The molecule has 6 N–H and O–H groups in total. The van der Waals surface area contributed by atoms with Crippen LogP contribution in [0.5, 0.6) is 0 Å². The van der Waals surface area contributed by atoms with Crippen molar-refractivity contribution in [3.8, 4) is 21.6 Å². The summed E-state index contributed by atoms with van der Waals surface area (Å²) in [5.41, 5.74) is 1.42. The zero-order valence-electron chi connectivity index (χ0n) is 56.5. The van der Waals surface area contributed by atoms with E-state index in [-0.39, 0.29) is 118 Å². The molecule has 5 atom stereocenters. The summed E-state index contributed by atoms with van der Waals surface area (Å²) < 4.78 is 86.0. The molecular weight excluding hydrogens is 1300 g/mol. The van der Waals surface area contributed by atoms with Crippen LogP contribution < -0.4 is 36.6 Å². The number of anilines is 3. The first kappa shape index (κ1) is 75.8. The number of aromatic nitrogens is 3. The fourth-order valence-corrected chi connectivity index (χ4v) is 12.4. The van der Waals surface area contributed by atoms with E-state index in [9.17, 15) is 51.8 Å². The number of aliphatic hydroxyl groups is 1. The molecule has 3 aliphatic heterocycles. The molecule has 0 spiro atoms. The van der Waals surface area contributed by atoms with E-state index in [0.717, 1.165) is 21.7 Å². The van der Waals surface area contributed by atoms with Gasteiger partial charge in [0.25, 0.3) is 5.91 Å². The molecule has 25 nitrogen and oxygen atoms in total. The summed E-state index contributed by atoms with van der Waals surface area (Å²) in [5, 5.41) is 21.7. The highest BCUT2D eigenvalue weighted by Gasteiger charge is 2.45. The summed E-state index contributed by atoms with van der Waals surface area (Å²) in [6.07, 6.45) is -3.64. The lowest BCUT2D eigenvalue weighted by molar-refractivity contribution is -0.144. The number of pyridine rings is 2. The molecule has 30 heteroatoms. The van der Waals surface area contributed by atoms with E-state index in [4.69, 9.17) is 23.7 Å². The number of hydrogen-bond acceptors (Lipinski definition) is 19. The summed E-state index contributed by atoms with van der Waals surface area (Å²) in [6, 6.07) is 12.3. The fraction of sp³-hybridized carbons (Fsp3) is 0.544. The van der Waals surface area contributed by atoms with Gasteiger partial charge in [0.1, 0.15) is 23.7 Å². The van der Waals surface area contributed by atoms with Crippen LogP contribution in [0.15, 0.2) is 77.3 Å². The molecule has 8 rings (SSSR count). The molecule has 3 saturated heterocycles. The third-order valence-corrected chi connectivity index (χ3v) is 18.3. The number of aryl methyl sites for hydroxylation is 1. The van der Waals surface area contributed by atoms with Crippen LogP contribution >= 0.6 is 11.3 Å². The van der Waals surface area contributed by atoms with E-state index >= 15 is 4.39 Å². The number of benzene rings is 2. The predicted molar refractivity (Wildman–Crippen MR) is 360 cm³/mol. The smallest absolute Gasteiger partial charge is 0.391 e. The lowest BCUT2D eigenvalue weighted by Gasteiger charge is -2.44. The van der Waals surface area contributed by atoms with Crippen LogP contribution in [-0.2, 0) is 60.4 Å². The van der Waals surface area contributed by atoms with Gasteiger partial charge in [0.05, 0.1) is 111 Å². The zero-order valence-corrected chi connectivity index (χ0v) is 57.3. The van der Waals surface area contributed by atoms with E-state index in [1.54, 1.807) is 33.9 Å². The highest BCUT2D eigenvalue weighted by molar-refractivity contribution is 7.13. The number of thiazole rings is 1. The number of H-pyrrole nitrogens is 1. The molecule has 3 aromatic heterocycles. The lowest BCUT2D eigenvalue weighted by Crippen LogP contribution is -2.57. The van der Waals surface area contributed by atoms with Gasteiger partial charge in [0, 0.05) is 126 Å². The Labute approximate surface area is 571 Å². The van der Waals surface area contributed by atoms with Gasteiger partial charge in [-0.15, -0.1) is 11.3 Å². The molecule has 534 valence electrons. The maximum absolute atomic E-state index is 16.2. The minimum absolute atomic E-state index is 0.0000495. The van der Waals surface area contributed by atoms with Crippen molar-refractivity contribution in [1.29, 1.82) is 0 Å². The van der Waals surface area contributed by atoms with Gasteiger partial charge in [0.15, 0.2) is 0 Å². The average Bonchev–Trinajstić information content (AvgIpc) is 0.790. The Morgan fingerprint density at radius 1 is 0.745 bits per heavy atom. The first-order chi connectivity index (χ1) is 46.7. The Balaban J connectivity index is 0.634. The highest BCUT2D eigenvalue weighted by atomic mass is 32.1. The van der Waals surface area contributed by atoms with Crippen molar-refractivity contribution >= 4 is 64.0 Å². The fourth-order valence-electron chi connectivity index (χ4n) is 11.6. The molecule has 5 aromatic rings. The number of carbonyl (C=O) groups excluding carboxylic acids is 6. The van der Waals surface area contributed by atoms with E-state index in [2.05, 4.69) is 41.1 Å². The van der Waals surface area contributed by atoms with Gasteiger partial charge in [-0.1, -0.05) is 45.0 Å². The Morgan fingerprint density at radius 2 is 1.37 bits per heavy atom. The summed E-state index contributed by atoms with van der Waals surface area (Å²) in [7, 11) is 1.96. The number of likely N-dealkylation sites (N-methyl/N-ethyl adjacent to an activating group) is 1. The van der Waals surface area contributed by atoms with Crippen LogP contribution in [0.2, 0.25) is 0 Å². The van der Waals surface area contributed by atoms with Crippen molar-refractivity contribution in [3.63, 3.8) is 0 Å². The van der Waals surface area contributed by atoms with Crippen molar-refractivity contribution in [1.82, 2.24) is 45.6 Å². The molecule has 6 heterocycles. The Morgan fingerprint density at radius 3 is 1.96 bits per heavy atom. The van der Waals surface area contributed by atoms with Crippen molar-refractivity contribution in [2.75, 3.05) is 141 Å². The van der Waals surface area contributed by atoms with Gasteiger partial charge in [-0.3, -0.25) is 38.5 Å². The Hall–Kier alpha value is -7.97. The van der Waals surface area contributed by atoms with Gasteiger partial charge in [0.2, 0.25) is 35.1 Å². The number of ether oxygens (including phenoxy) is 5. The summed E-state index contributed by atoms with van der Waals surface area (Å²) in [4.78, 5) is 113. The molecule has 98 heavy (non-hydrogen) atoms. The largest absolute Gasteiger partial charge is 0.417 e. The van der Waals surface area contributed by atoms with Crippen LogP contribution in [0.25, 0.3) is 21.6 Å². The number of β-amino-alcohol motifs (C(OH)–C–C–N with tert-alkyl or cyclic N) is 1. The van der Waals surface area contributed by atoms with Crippen LogP contribution in [0, 0.1) is 18.2 Å². The SMILES string of the molecule is Cc1ncsc1-c1ccc(CNC(=O)[C@@H]2C[C@@H](O)CN2C(=O)[C@@H](NC(=O)CCOCCOCCOCCOCCOCCNC(=O)CCC(=O)N2CCN(c3ccc(-c4cc(NC(=O)c5c[nH]c(=O)cc5C(F)(F)F)c(N5C[C@@H](C)N(C)[C@@H](C)C5)cc4F)cn3)CC2)C(C)(C)C)cc1. The van der Waals surface area contributed by atoms with Gasteiger partial charge >= 0.3 is 6.18 Å². The third-order valence-electron chi connectivity index (χ3n) is 17.3. The molecule has 3 fully saturated rings. The number of alkyl halides is 3. The number of likely N-dealkylation sites (tertiary alicyclic amines) is 1. The number of aromatic amines is 1. The maximum atomic E-state index is 16.2. The summed E-state index contributed by atoms with van der Waals surface area (Å²) in [5.74, 6) is -2.92. The molecule has 3 aliphatic rings. The van der Waals surface area contributed by atoms with E-state index in [0.29, 0.717) is 103 Å². The lowest BCUT2D eigenvalue weighted by atomic mass is 9.85. The van der Waals surface area contributed by atoms with Gasteiger partial charge in [-0.25, -0.2) is 14.4 Å². The second-order valence-electron chi connectivity index (χ2n) is 25.6. The van der Waals surface area contributed by atoms with Gasteiger partial charge < -0.3 is 74.6 Å². The summed E-state index contributed by atoms with van der Waals surface area (Å²) in [6.45, 7) is 17.1. The Kier molecular flexibility index (Phi) is 27.6. The van der Waals surface area contributed by atoms with Crippen LogP contribution in [0.4, 0.5) is 34.8 Å². The van der Waals surface area contributed by atoms with E-state index < -0.39 is 70.0 Å². The number of amides is 6. The Bertz CT molecular complexity index is 3540. The number of halogens is 4. The highest BCUT2D eigenvalue weighted by Crippen LogP contribution is 2.38. The van der Waals surface area contributed by atoms with Crippen LogP contribution in [0.3, 0.4) is 0 Å². The number of hydrogen-bond donors (Lipinski definition) is 6. The van der Waals surface area contributed by atoms with E-state index in [1.807, 2.05) is 82.7 Å². The molecule has 2 aromatic carbocycles. The standard InChI is InChI=1S/C68H90F4N12O13S/c1-43-39-83(40-44(2)80(43)7)55-35-53(69)50(33-54(55)78-64(90)51-38-75-60(88)34-52(51)68(70,71)72)48-12-13-57(74-37-48)81-18-20-82(21-19-81)61(89)15-14-58(86)73-17-23-94-25-27-96-29-31-97-30-28-95-26-24-93-22-16-59(87)79-63(67(4,5)6)66(92)84-41-49(85)32-56(84)65(91)76-36-46-8-10-47(11-9-46)62-45(3)77-42-98-62/h8-13,33-35,37-38,42-44,49,56,63,85H,14-32,36,39-41H2,1-7H3,(H,73,86)(H,75,88)(H,76,91)(H,78,90)(H,79,87)/t43-,44+,49-,56+,63-/m1/s1. The van der Waals surface area contributed by atoms with Crippen molar-refractivity contribution < 1.29 is 75.1 Å². The minimum Gasteiger partial charge on any atom is -0.391 e. The quantitative estimate of drug-likeness (QED) is 0.0224. The maximum Gasteiger partial charge on any atom is 0.417 e. The number of nitrogens with zero attached hydrogens (tertiary/aromatic N) is 7. The van der Waals surface area contributed by atoms with Crippen molar-refractivity contribution in [3.05, 3.63) is 111 Å². The molecule has 6 amide bonds. The topological polar surface area (TPSA) is 292 Å². The van der Waals surface area contributed by atoms with Crippen LogP contribution in [-0.4, -0.2) is 226 Å². The number of rotatable bonds is 32. The molecule has 0 saturated carbocycles. The third kappa shape index (κ3) is 21.5. The molecule has 0 bridgehead atoms. The molecule has 0 radical (unpaired) electrons. The number of piperazine rings is 2.